The Morgan fingerprint density at radius 3 is 2.72 bits per heavy atom. The van der Waals surface area contributed by atoms with Crippen molar-refractivity contribution in [2.24, 2.45) is 0 Å². The average molecular weight is 358 g/mol. The van der Waals surface area contributed by atoms with Gasteiger partial charge in [-0.05, 0) is 36.6 Å². The van der Waals surface area contributed by atoms with Crippen molar-refractivity contribution in [3.8, 4) is 5.75 Å². The van der Waals surface area contributed by atoms with Crippen LogP contribution in [-0.2, 0) is 12.8 Å². The van der Waals surface area contributed by atoms with Crippen LogP contribution in [0.4, 0.5) is 0 Å². The third-order valence-electron chi connectivity index (χ3n) is 4.07. The summed E-state index contributed by atoms with van der Waals surface area (Å²) >= 11 is 6.01. The summed E-state index contributed by atoms with van der Waals surface area (Å²) in [4.78, 5) is 17.2. The molecule has 0 unspecified atom stereocenters. The van der Waals surface area contributed by atoms with Crippen molar-refractivity contribution in [1.29, 1.82) is 0 Å². The summed E-state index contributed by atoms with van der Waals surface area (Å²) in [7, 11) is 1.64. The summed E-state index contributed by atoms with van der Waals surface area (Å²) in [6.07, 6.45) is 3.21. The lowest BCUT2D eigenvalue weighted by Gasteiger charge is -2.07. The molecule has 2 heterocycles. The second-order valence-corrected chi connectivity index (χ2v) is 6.12. The largest absolute Gasteiger partial charge is 0.497 e. The molecule has 0 aliphatic carbocycles. The topological polar surface area (TPSA) is 55.6 Å². The van der Waals surface area contributed by atoms with E-state index in [2.05, 4.69) is 10.3 Å². The van der Waals surface area contributed by atoms with Gasteiger partial charge >= 0.3 is 0 Å². The molecular formula is C19H20ClN3O2. The van der Waals surface area contributed by atoms with Crippen molar-refractivity contribution in [2.45, 2.75) is 19.8 Å². The van der Waals surface area contributed by atoms with Crippen LogP contribution in [0.5, 0.6) is 5.75 Å². The number of carbonyl (C=O) groups is 1. The number of benzene rings is 1. The number of methoxy groups -OCH3 is 1. The molecule has 1 N–H and O–H groups in total. The summed E-state index contributed by atoms with van der Waals surface area (Å²) in [5.74, 6) is 0.699. The molecule has 1 aromatic carbocycles. The fourth-order valence-electron chi connectivity index (χ4n) is 2.75. The summed E-state index contributed by atoms with van der Waals surface area (Å²) in [5, 5.41) is 3.58. The zero-order chi connectivity index (χ0) is 17.8. The molecule has 0 atom stereocenters. The van der Waals surface area contributed by atoms with Crippen LogP contribution in [0.2, 0.25) is 5.02 Å². The minimum atomic E-state index is -0.125. The number of hydrogen-bond acceptors (Lipinski definition) is 3. The molecule has 2 aromatic heterocycles. The van der Waals surface area contributed by atoms with E-state index in [9.17, 15) is 4.79 Å². The molecule has 130 valence electrons. The first-order chi connectivity index (χ1) is 12.1. The van der Waals surface area contributed by atoms with E-state index in [1.807, 2.05) is 31.2 Å². The molecule has 25 heavy (non-hydrogen) atoms. The third kappa shape index (κ3) is 3.77. The second-order valence-electron chi connectivity index (χ2n) is 5.69. The van der Waals surface area contributed by atoms with Gasteiger partial charge in [-0.3, -0.25) is 9.20 Å². The number of imidazole rings is 1. The van der Waals surface area contributed by atoms with Gasteiger partial charge in [-0.25, -0.2) is 4.98 Å². The van der Waals surface area contributed by atoms with Crippen LogP contribution in [0.15, 0.2) is 42.6 Å². The van der Waals surface area contributed by atoms with Crippen LogP contribution in [0.25, 0.3) is 5.65 Å². The highest BCUT2D eigenvalue weighted by molar-refractivity contribution is 6.30. The number of halogens is 1. The van der Waals surface area contributed by atoms with Crippen LogP contribution in [0, 0.1) is 0 Å². The van der Waals surface area contributed by atoms with E-state index < -0.39 is 0 Å². The van der Waals surface area contributed by atoms with Crippen molar-refractivity contribution in [2.75, 3.05) is 13.7 Å². The standard InChI is InChI=1S/C19H20ClN3O2/c1-3-16-18(23-11-9-14(20)12-17(23)22-16)19(24)21-10-8-13-4-6-15(25-2)7-5-13/h4-7,9,11-12H,3,8,10H2,1-2H3,(H,21,24). The maximum absolute atomic E-state index is 12.7. The number of aromatic nitrogens is 2. The van der Waals surface area contributed by atoms with E-state index in [1.54, 1.807) is 29.8 Å². The molecule has 3 aromatic rings. The van der Waals surface area contributed by atoms with Gasteiger partial charge < -0.3 is 10.1 Å². The highest BCUT2D eigenvalue weighted by Gasteiger charge is 2.17. The fourth-order valence-corrected chi connectivity index (χ4v) is 2.91. The molecule has 0 bridgehead atoms. The first-order valence-electron chi connectivity index (χ1n) is 8.20. The summed E-state index contributed by atoms with van der Waals surface area (Å²) in [6, 6.07) is 11.3. The molecule has 0 spiro atoms. The summed E-state index contributed by atoms with van der Waals surface area (Å²) < 4.78 is 6.93. The van der Waals surface area contributed by atoms with Gasteiger partial charge in [-0.2, -0.15) is 0 Å². The van der Waals surface area contributed by atoms with Crippen molar-refractivity contribution in [3.63, 3.8) is 0 Å². The van der Waals surface area contributed by atoms with Gasteiger partial charge in [-0.15, -0.1) is 0 Å². The number of hydrogen-bond donors (Lipinski definition) is 1. The number of rotatable bonds is 6. The maximum atomic E-state index is 12.7. The Bertz CT molecular complexity index is 888. The lowest BCUT2D eigenvalue weighted by molar-refractivity contribution is 0.0947. The maximum Gasteiger partial charge on any atom is 0.270 e. The number of pyridine rings is 1. The lowest BCUT2D eigenvalue weighted by Crippen LogP contribution is -2.27. The Kier molecular flexibility index (Phi) is 5.24. The van der Waals surface area contributed by atoms with E-state index in [-0.39, 0.29) is 5.91 Å². The normalized spacial score (nSPS) is 10.8. The van der Waals surface area contributed by atoms with E-state index in [0.29, 0.717) is 29.3 Å². The highest BCUT2D eigenvalue weighted by Crippen LogP contribution is 2.17. The Balaban J connectivity index is 1.71. The van der Waals surface area contributed by atoms with E-state index >= 15 is 0 Å². The zero-order valence-corrected chi connectivity index (χ0v) is 15.0. The fraction of sp³-hybridized carbons (Fsp3) is 0.263. The molecule has 0 saturated carbocycles. The minimum absolute atomic E-state index is 0.125. The van der Waals surface area contributed by atoms with Crippen molar-refractivity contribution in [1.82, 2.24) is 14.7 Å². The van der Waals surface area contributed by atoms with Crippen LogP contribution in [-0.4, -0.2) is 28.9 Å². The van der Waals surface area contributed by atoms with Gasteiger partial charge in [0.15, 0.2) is 0 Å². The molecule has 0 fully saturated rings. The Morgan fingerprint density at radius 2 is 2.04 bits per heavy atom. The van der Waals surface area contributed by atoms with Crippen molar-refractivity contribution < 1.29 is 9.53 Å². The number of carbonyl (C=O) groups excluding carboxylic acids is 1. The predicted octanol–water partition coefficient (Wildman–Crippen LogP) is 3.53. The SMILES string of the molecule is CCc1nc2cc(Cl)ccn2c1C(=O)NCCc1ccc(OC)cc1. The van der Waals surface area contributed by atoms with Gasteiger partial charge in [0.1, 0.15) is 17.1 Å². The van der Waals surface area contributed by atoms with Gasteiger partial charge in [0.2, 0.25) is 0 Å². The monoisotopic (exact) mass is 357 g/mol. The molecule has 6 heteroatoms. The summed E-state index contributed by atoms with van der Waals surface area (Å²) in [5.41, 5.74) is 3.17. The number of ether oxygens (including phenoxy) is 1. The first kappa shape index (κ1) is 17.3. The number of fused-ring (bicyclic) bond motifs is 1. The zero-order valence-electron chi connectivity index (χ0n) is 14.3. The van der Waals surface area contributed by atoms with E-state index in [1.165, 1.54) is 0 Å². The molecule has 0 aliphatic heterocycles. The predicted molar refractivity (Wildman–Crippen MR) is 98.6 cm³/mol. The van der Waals surface area contributed by atoms with Crippen molar-refractivity contribution in [3.05, 3.63) is 64.6 Å². The molecule has 0 radical (unpaired) electrons. The summed E-state index contributed by atoms with van der Waals surface area (Å²) in [6.45, 7) is 2.53. The molecular weight excluding hydrogens is 338 g/mol. The Labute approximate surface area is 151 Å². The lowest BCUT2D eigenvalue weighted by atomic mass is 10.1. The van der Waals surface area contributed by atoms with Gasteiger partial charge in [-0.1, -0.05) is 30.7 Å². The van der Waals surface area contributed by atoms with Crippen LogP contribution >= 0.6 is 11.6 Å². The number of nitrogens with one attached hydrogen (secondary N) is 1. The second kappa shape index (κ2) is 7.57. The van der Waals surface area contributed by atoms with Crippen molar-refractivity contribution >= 4 is 23.2 Å². The number of amides is 1. The van der Waals surface area contributed by atoms with Crippen LogP contribution in [0.1, 0.15) is 28.7 Å². The van der Waals surface area contributed by atoms with E-state index in [0.717, 1.165) is 23.4 Å². The highest BCUT2D eigenvalue weighted by atomic mass is 35.5. The molecule has 0 saturated heterocycles. The Hall–Kier alpha value is -2.53. The smallest absolute Gasteiger partial charge is 0.270 e. The molecule has 5 nitrogen and oxygen atoms in total. The number of aryl methyl sites for hydroxylation is 1. The molecule has 0 aliphatic rings. The van der Waals surface area contributed by atoms with E-state index in [4.69, 9.17) is 16.3 Å². The quantitative estimate of drug-likeness (QED) is 0.734. The third-order valence-corrected chi connectivity index (χ3v) is 4.30. The van der Waals surface area contributed by atoms with Gasteiger partial charge in [0.25, 0.3) is 5.91 Å². The molecule has 3 rings (SSSR count). The Morgan fingerprint density at radius 1 is 1.28 bits per heavy atom. The van der Waals surface area contributed by atoms with Crippen LogP contribution in [0.3, 0.4) is 0 Å². The minimum Gasteiger partial charge on any atom is -0.497 e. The first-order valence-corrected chi connectivity index (χ1v) is 8.57. The van der Waals surface area contributed by atoms with Crippen LogP contribution < -0.4 is 10.1 Å². The number of nitrogens with zero attached hydrogens (tertiary/aromatic N) is 2. The van der Waals surface area contributed by atoms with Gasteiger partial charge in [0.05, 0.1) is 12.8 Å². The molecule has 1 amide bonds. The van der Waals surface area contributed by atoms with Gasteiger partial charge in [0, 0.05) is 23.8 Å². The average Bonchev–Trinajstić information content (AvgIpc) is 2.99.